The van der Waals surface area contributed by atoms with Crippen LogP contribution in [0, 0.1) is 6.92 Å². The van der Waals surface area contributed by atoms with Crippen molar-refractivity contribution < 1.29 is 22.7 Å². The van der Waals surface area contributed by atoms with Gasteiger partial charge in [0.2, 0.25) is 0 Å². The predicted molar refractivity (Wildman–Crippen MR) is 57.8 cm³/mol. The Bertz CT molecular complexity index is 483. The van der Waals surface area contributed by atoms with Gasteiger partial charge in [-0.3, -0.25) is 4.79 Å². The molecule has 0 radical (unpaired) electrons. The van der Waals surface area contributed by atoms with E-state index in [9.17, 15) is 18.0 Å². The fourth-order valence-electron chi connectivity index (χ4n) is 1.97. The molecule has 0 bridgehead atoms. The van der Waals surface area contributed by atoms with Gasteiger partial charge in [-0.25, -0.2) is 4.98 Å². The average molecular weight is 259 g/mol. The summed E-state index contributed by atoms with van der Waals surface area (Å²) in [5.74, 6) is -0.000293. The molecule has 1 heterocycles. The highest BCUT2D eigenvalue weighted by Crippen LogP contribution is 2.30. The Morgan fingerprint density at radius 2 is 2.11 bits per heavy atom. The molecule has 0 atom stereocenters. The molecule has 6 heteroatoms. The molecule has 1 aliphatic carbocycles. The van der Waals surface area contributed by atoms with Crippen LogP contribution in [0.4, 0.5) is 13.2 Å². The number of fused-ring (bicyclic) bond motifs is 1. The minimum atomic E-state index is -4.39. The molecule has 1 aliphatic rings. The van der Waals surface area contributed by atoms with Crippen molar-refractivity contribution in [3.63, 3.8) is 0 Å². The molecule has 0 unspecified atom stereocenters. The topological polar surface area (TPSA) is 39.2 Å². The highest BCUT2D eigenvalue weighted by atomic mass is 19.4. The third-order valence-corrected chi connectivity index (χ3v) is 2.70. The van der Waals surface area contributed by atoms with Crippen molar-refractivity contribution in [3.05, 3.63) is 23.0 Å². The summed E-state index contributed by atoms with van der Waals surface area (Å²) in [7, 11) is 0. The lowest BCUT2D eigenvalue weighted by atomic mass is 9.94. The van der Waals surface area contributed by atoms with E-state index in [1.165, 1.54) is 6.07 Å². The summed E-state index contributed by atoms with van der Waals surface area (Å²) in [4.78, 5) is 15.7. The smallest absolute Gasteiger partial charge is 0.422 e. The van der Waals surface area contributed by atoms with Gasteiger partial charge in [-0.05, 0) is 19.8 Å². The molecule has 0 saturated heterocycles. The molecule has 0 fully saturated rings. The summed E-state index contributed by atoms with van der Waals surface area (Å²) in [6, 6.07) is 1.45. The molecule has 18 heavy (non-hydrogen) atoms. The number of nitrogens with zero attached hydrogens (tertiary/aromatic N) is 1. The Kier molecular flexibility index (Phi) is 3.28. The zero-order valence-corrected chi connectivity index (χ0v) is 9.80. The maximum atomic E-state index is 12.1. The number of halogens is 3. The number of hydrogen-bond donors (Lipinski definition) is 0. The molecule has 1 aromatic heterocycles. The summed E-state index contributed by atoms with van der Waals surface area (Å²) < 4.78 is 41.2. The van der Waals surface area contributed by atoms with Crippen LogP contribution in [0.25, 0.3) is 0 Å². The lowest BCUT2D eigenvalue weighted by molar-refractivity contribution is -0.153. The lowest BCUT2D eigenvalue weighted by Crippen LogP contribution is -2.21. The van der Waals surface area contributed by atoms with E-state index in [0.29, 0.717) is 30.5 Å². The first-order valence-corrected chi connectivity index (χ1v) is 5.60. The van der Waals surface area contributed by atoms with Crippen LogP contribution in [0.5, 0.6) is 5.75 Å². The number of alkyl halides is 3. The Morgan fingerprint density at radius 1 is 1.39 bits per heavy atom. The van der Waals surface area contributed by atoms with E-state index in [0.717, 1.165) is 0 Å². The van der Waals surface area contributed by atoms with Crippen LogP contribution < -0.4 is 4.74 Å². The number of carbonyl (C=O) groups excluding carboxylic acids is 1. The van der Waals surface area contributed by atoms with Crippen molar-refractivity contribution in [2.24, 2.45) is 0 Å². The Balaban J connectivity index is 2.32. The maximum absolute atomic E-state index is 12.1. The van der Waals surface area contributed by atoms with Gasteiger partial charge in [-0.1, -0.05) is 0 Å². The molecule has 0 amide bonds. The number of carbonyl (C=O) groups is 1. The largest absolute Gasteiger partial charge is 0.484 e. The molecule has 1 aromatic rings. The van der Waals surface area contributed by atoms with Crippen LogP contribution in [0.2, 0.25) is 0 Å². The third-order valence-electron chi connectivity index (χ3n) is 2.70. The van der Waals surface area contributed by atoms with Gasteiger partial charge in [-0.2, -0.15) is 13.2 Å². The number of rotatable bonds is 2. The molecule has 3 nitrogen and oxygen atoms in total. The van der Waals surface area contributed by atoms with Gasteiger partial charge in [0.15, 0.2) is 12.4 Å². The van der Waals surface area contributed by atoms with E-state index in [1.807, 2.05) is 0 Å². The number of pyridine rings is 1. The zero-order chi connectivity index (χ0) is 13.3. The van der Waals surface area contributed by atoms with Crippen LogP contribution in [0.3, 0.4) is 0 Å². The summed E-state index contributed by atoms with van der Waals surface area (Å²) in [5, 5.41) is 0. The highest BCUT2D eigenvalue weighted by Gasteiger charge is 2.30. The van der Waals surface area contributed by atoms with Crippen molar-refractivity contribution in [3.8, 4) is 5.75 Å². The standard InChI is InChI=1S/C12H12F3NO2/c1-7-5-10(18-6-12(13,14)15)8-3-2-4-9(17)11(8)16-7/h5H,2-4,6H2,1H3. The van der Waals surface area contributed by atoms with Crippen molar-refractivity contribution in [1.29, 1.82) is 0 Å². The van der Waals surface area contributed by atoms with E-state index >= 15 is 0 Å². The predicted octanol–water partition coefficient (Wildman–Crippen LogP) is 2.85. The van der Waals surface area contributed by atoms with Crippen molar-refractivity contribution in [1.82, 2.24) is 4.98 Å². The number of hydrogen-bond acceptors (Lipinski definition) is 3. The number of ether oxygens (including phenoxy) is 1. The molecule has 0 aliphatic heterocycles. The highest BCUT2D eigenvalue weighted by molar-refractivity contribution is 5.97. The van der Waals surface area contributed by atoms with E-state index in [4.69, 9.17) is 4.74 Å². The Labute approximate surface area is 102 Å². The van der Waals surface area contributed by atoms with Crippen molar-refractivity contribution in [2.75, 3.05) is 6.61 Å². The van der Waals surface area contributed by atoms with E-state index in [2.05, 4.69) is 4.98 Å². The number of ketones is 1. The minimum Gasteiger partial charge on any atom is -0.484 e. The first kappa shape index (κ1) is 12.9. The number of aromatic nitrogens is 1. The quantitative estimate of drug-likeness (QED) is 0.819. The van der Waals surface area contributed by atoms with Gasteiger partial charge in [0.25, 0.3) is 0 Å². The maximum Gasteiger partial charge on any atom is 0.422 e. The fraction of sp³-hybridized carbons (Fsp3) is 0.500. The van der Waals surface area contributed by atoms with Crippen molar-refractivity contribution >= 4 is 5.78 Å². The van der Waals surface area contributed by atoms with Gasteiger partial charge in [-0.15, -0.1) is 0 Å². The SMILES string of the molecule is Cc1cc(OCC(F)(F)F)c2c(n1)C(=O)CCC2. The summed E-state index contributed by atoms with van der Waals surface area (Å²) in [6.07, 6.45) is -2.84. The fourth-order valence-corrected chi connectivity index (χ4v) is 1.97. The third kappa shape index (κ3) is 2.80. The molecular formula is C12H12F3NO2. The molecule has 98 valence electrons. The second kappa shape index (κ2) is 4.59. The molecule has 0 aromatic carbocycles. The Morgan fingerprint density at radius 3 is 2.78 bits per heavy atom. The van der Waals surface area contributed by atoms with E-state index in [-0.39, 0.29) is 17.2 Å². The molecule has 0 spiro atoms. The molecule has 0 N–H and O–H groups in total. The molecular weight excluding hydrogens is 247 g/mol. The van der Waals surface area contributed by atoms with Gasteiger partial charge >= 0.3 is 6.18 Å². The van der Waals surface area contributed by atoms with Gasteiger partial charge in [0.1, 0.15) is 11.4 Å². The Hall–Kier alpha value is -1.59. The summed E-state index contributed by atoms with van der Waals surface area (Å²) in [6.45, 7) is 0.277. The first-order chi connectivity index (χ1) is 8.37. The van der Waals surface area contributed by atoms with Crippen LogP contribution in [-0.2, 0) is 6.42 Å². The van der Waals surface area contributed by atoms with Crippen LogP contribution in [0.1, 0.15) is 34.6 Å². The lowest BCUT2D eigenvalue weighted by Gasteiger charge is -2.19. The second-order valence-electron chi connectivity index (χ2n) is 4.27. The minimum absolute atomic E-state index is 0.128. The zero-order valence-electron chi connectivity index (χ0n) is 9.80. The van der Waals surface area contributed by atoms with E-state index in [1.54, 1.807) is 6.92 Å². The van der Waals surface area contributed by atoms with Crippen LogP contribution in [0.15, 0.2) is 6.07 Å². The summed E-state index contributed by atoms with van der Waals surface area (Å²) >= 11 is 0. The molecule has 2 rings (SSSR count). The number of Topliss-reactive ketones (excluding diaryl/α,β-unsaturated/α-hetero) is 1. The average Bonchev–Trinajstić information content (AvgIpc) is 2.26. The van der Waals surface area contributed by atoms with Gasteiger partial charge in [0.05, 0.1) is 0 Å². The van der Waals surface area contributed by atoms with E-state index < -0.39 is 12.8 Å². The molecule has 0 saturated carbocycles. The van der Waals surface area contributed by atoms with Gasteiger partial charge < -0.3 is 4.74 Å². The van der Waals surface area contributed by atoms with Crippen molar-refractivity contribution in [2.45, 2.75) is 32.4 Å². The monoisotopic (exact) mass is 259 g/mol. The van der Waals surface area contributed by atoms with Crippen LogP contribution >= 0.6 is 0 Å². The van der Waals surface area contributed by atoms with Gasteiger partial charge in [0, 0.05) is 23.7 Å². The first-order valence-electron chi connectivity index (χ1n) is 5.60. The second-order valence-corrected chi connectivity index (χ2v) is 4.27. The van der Waals surface area contributed by atoms with Crippen LogP contribution in [-0.4, -0.2) is 23.6 Å². The summed E-state index contributed by atoms with van der Waals surface area (Å²) in [5.41, 5.74) is 1.25. The number of aryl methyl sites for hydroxylation is 1. The normalized spacial score (nSPS) is 15.4.